The summed E-state index contributed by atoms with van der Waals surface area (Å²) in [6.45, 7) is 1.72. The zero-order valence-electron chi connectivity index (χ0n) is 22.2. The van der Waals surface area contributed by atoms with Crippen LogP contribution in [0.5, 0.6) is 11.5 Å². The van der Waals surface area contributed by atoms with Gasteiger partial charge in [0.05, 0.1) is 36.5 Å². The van der Waals surface area contributed by atoms with Gasteiger partial charge in [-0.05, 0) is 49.6 Å². The summed E-state index contributed by atoms with van der Waals surface area (Å²) in [6.07, 6.45) is 2.62. The minimum atomic E-state index is -0.848. The van der Waals surface area contributed by atoms with Gasteiger partial charge in [0.15, 0.2) is 17.6 Å². The molecule has 2 aromatic carbocycles. The molecule has 11 nitrogen and oxygen atoms in total. The van der Waals surface area contributed by atoms with Crippen molar-refractivity contribution < 1.29 is 38.1 Å². The van der Waals surface area contributed by atoms with E-state index in [1.807, 2.05) is 0 Å². The van der Waals surface area contributed by atoms with Crippen molar-refractivity contribution in [2.45, 2.75) is 57.4 Å². The Morgan fingerprint density at radius 3 is 2.70 bits per heavy atom. The number of nitrogens with one attached hydrogen (secondary N) is 1. The van der Waals surface area contributed by atoms with E-state index < -0.39 is 36.0 Å². The van der Waals surface area contributed by atoms with Crippen LogP contribution in [-0.2, 0) is 25.6 Å². The molecule has 6 rings (SSSR count). The van der Waals surface area contributed by atoms with Crippen LogP contribution >= 0.6 is 0 Å². The number of imide groups is 1. The Morgan fingerprint density at radius 2 is 1.85 bits per heavy atom. The number of urea groups is 1. The number of fused-ring (bicyclic) bond motifs is 4. The molecule has 11 heteroatoms. The van der Waals surface area contributed by atoms with Gasteiger partial charge >= 0.3 is 12.0 Å². The molecule has 1 aliphatic carbocycles. The van der Waals surface area contributed by atoms with E-state index in [0.717, 1.165) is 30.6 Å². The molecule has 40 heavy (non-hydrogen) atoms. The normalized spacial score (nSPS) is 24.9. The molecule has 0 radical (unpaired) electrons. The molecule has 1 N–H and O–H groups in total. The lowest BCUT2D eigenvalue weighted by molar-refractivity contribution is -0.147. The van der Waals surface area contributed by atoms with Crippen molar-refractivity contribution in [3.63, 3.8) is 0 Å². The molecule has 4 amide bonds. The van der Waals surface area contributed by atoms with Gasteiger partial charge in [0.2, 0.25) is 12.7 Å². The highest BCUT2D eigenvalue weighted by Gasteiger charge is 2.57. The molecule has 3 fully saturated rings. The largest absolute Gasteiger partial charge is 0.462 e. The van der Waals surface area contributed by atoms with E-state index in [0.29, 0.717) is 22.7 Å². The maximum absolute atomic E-state index is 13.9. The summed E-state index contributed by atoms with van der Waals surface area (Å²) in [5.74, 6) is -0.315. The summed E-state index contributed by atoms with van der Waals surface area (Å²) in [4.78, 5) is 55.9. The van der Waals surface area contributed by atoms with Crippen LogP contribution in [0, 0.1) is 5.92 Å². The van der Waals surface area contributed by atoms with Crippen LogP contribution in [-0.4, -0.2) is 71.8 Å². The summed E-state index contributed by atoms with van der Waals surface area (Å²) >= 11 is 0. The first-order valence-corrected chi connectivity index (χ1v) is 13.7. The number of para-hydroxylation sites is 1. The van der Waals surface area contributed by atoms with Crippen LogP contribution in [0.3, 0.4) is 0 Å². The van der Waals surface area contributed by atoms with Gasteiger partial charge in [0.1, 0.15) is 6.54 Å². The molecule has 0 aromatic heterocycles. The van der Waals surface area contributed by atoms with Gasteiger partial charge in [-0.1, -0.05) is 31.0 Å². The Morgan fingerprint density at radius 1 is 1.05 bits per heavy atom. The minimum Gasteiger partial charge on any atom is -0.462 e. The van der Waals surface area contributed by atoms with E-state index in [-0.39, 0.29) is 44.1 Å². The number of nitrogens with zero attached hydrogens (tertiary/aromatic N) is 2. The molecule has 3 aliphatic heterocycles. The van der Waals surface area contributed by atoms with Gasteiger partial charge in [0, 0.05) is 5.92 Å². The summed E-state index contributed by atoms with van der Waals surface area (Å²) in [6, 6.07) is 10.7. The molecule has 4 aliphatic rings. The van der Waals surface area contributed by atoms with Gasteiger partial charge in [-0.2, -0.15) is 0 Å². The SMILES string of the molecule is CCOC(=O)c1ccccc1NC(=O)CN1C(=O)N(Cc2ccc3c(c2)OCO3)C(=O)C2OC3CCCCC3C21. The summed E-state index contributed by atoms with van der Waals surface area (Å²) in [5, 5.41) is 2.77. The third-order valence-electron chi connectivity index (χ3n) is 7.96. The first-order valence-electron chi connectivity index (χ1n) is 13.7. The molecule has 210 valence electrons. The van der Waals surface area contributed by atoms with Crippen molar-refractivity contribution in [1.82, 2.24) is 9.80 Å². The van der Waals surface area contributed by atoms with Crippen LogP contribution in [0.25, 0.3) is 0 Å². The smallest absolute Gasteiger partial charge is 0.340 e. The molecular weight excluding hydrogens is 518 g/mol. The van der Waals surface area contributed by atoms with Gasteiger partial charge in [0.25, 0.3) is 5.91 Å². The van der Waals surface area contributed by atoms with Gasteiger partial charge < -0.3 is 29.2 Å². The van der Waals surface area contributed by atoms with Crippen LogP contribution in [0.4, 0.5) is 10.5 Å². The molecule has 3 heterocycles. The quantitative estimate of drug-likeness (QED) is 0.522. The van der Waals surface area contributed by atoms with Gasteiger partial charge in [-0.3, -0.25) is 14.5 Å². The standard InChI is InChI=1S/C29H31N3O8/c1-2-37-28(35)18-7-3-5-9-20(18)30-24(33)15-31-25-19-8-4-6-10-21(19)40-26(25)27(34)32(29(31)36)14-17-11-12-22-23(13-17)39-16-38-22/h3,5,7,9,11-13,19,21,25-26H,2,4,6,8,10,14-16H2,1H3,(H,30,33). The maximum Gasteiger partial charge on any atom is 0.340 e. The maximum atomic E-state index is 13.9. The van der Waals surface area contributed by atoms with Crippen molar-refractivity contribution in [3.05, 3.63) is 53.6 Å². The van der Waals surface area contributed by atoms with Crippen LogP contribution < -0.4 is 14.8 Å². The number of carbonyl (C=O) groups is 4. The first kappa shape index (κ1) is 26.1. The number of esters is 1. The van der Waals surface area contributed by atoms with Crippen molar-refractivity contribution in [2.75, 3.05) is 25.3 Å². The van der Waals surface area contributed by atoms with Crippen LogP contribution in [0.15, 0.2) is 42.5 Å². The summed E-state index contributed by atoms with van der Waals surface area (Å²) in [5.41, 5.74) is 1.20. The lowest BCUT2D eigenvalue weighted by Crippen LogP contribution is -2.65. The van der Waals surface area contributed by atoms with E-state index in [9.17, 15) is 19.2 Å². The van der Waals surface area contributed by atoms with Crippen molar-refractivity contribution in [1.29, 1.82) is 0 Å². The second-order valence-corrected chi connectivity index (χ2v) is 10.4. The third kappa shape index (κ3) is 4.74. The number of anilines is 1. The number of amides is 4. The molecule has 4 atom stereocenters. The van der Waals surface area contributed by atoms with E-state index in [1.54, 1.807) is 49.4 Å². The monoisotopic (exact) mass is 549 g/mol. The predicted octanol–water partition coefficient (Wildman–Crippen LogP) is 3.32. The molecule has 2 saturated heterocycles. The second-order valence-electron chi connectivity index (χ2n) is 10.4. The van der Waals surface area contributed by atoms with E-state index in [4.69, 9.17) is 18.9 Å². The van der Waals surface area contributed by atoms with Gasteiger partial charge in [-0.15, -0.1) is 0 Å². The van der Waals surface area contributed by atoms with Crippen molar-refractivity contribution in [3.8, 4) is 11.5 Å². The molecule has 4 unspecified atom stereocenters. The zero-order valence-corrected chi connectivity index (χ0v) is 22.2. The molecule has 0 spiro atoms. The molecular formula is C29H31N3O8. The summed E-state index contributed by atoms with van der Waals surface area (Å²) < 4.78 is 22.2. The zero-order chi connectivity index (χ0) is 27.8. The average Bonchev–Trinajstić information content (AvgIpc) is 3.58. The van der Waals surface area contributed by atoms with Gasteiger partial charge in [-0.25, -0.2) is 9.59 Å². The minimum absolute atomic E-state index is 0.0000306. The van der Waals surface area contributed by atoms with Crippen molar-refractivity contribution in [2.24, 2.45) is 5.92 Å². The second kappa shape index (κ2) is 10.8. The Labute approximate surface area is 231 Å². The van der Waals surface area contributed by atoms with E-state index in [2.05, 4.69) is 5.32 Å². The number of carbonyl (C=O) groups excluding carboxylic acids is 4. The Hall–Kier alpha value is -4.12. The average molecular weight is 550 g/mol. The van der Waals surface area contributed by atoms with Crippen LogP contribution in [0.2, 0.25) is 0 Å². The third-order valence-corrected chi connectivity index (χ3v) is 7.96. The Balaban J connectivity index is 1.26. The predicted molar refractivity (Wildman–Crippen MR) is 141 cm³/mol. The fraction of sp³-hybridized carbons (Fsp3) is 0.448. The fourth-order valence-corrected chi connectivity index (χ4v) is 6.17. The summed E-state index contributed by atoms with van der Waals surface area (Å²) in [7, 11) is 0. The number of ether oxygens (including phenoxy) is 4. The van der Waals surface area contributed by atoms with E-state index >= 15 is 0 Å². The number of rotatable bonds is 7. The number of benzene rings is 2. The molecule has 0 bridgehead atoms. The first-order chi connectivity index (χ1) is 19.4. The Bertz CT molecular complexity index is 1350. The molecule has 2 aromatic rings. The van der Waals surface area contributed by atoms with Crippen LogP contribution in [0.1, 0.15) is 48.5 Å². The fourth-order valence-electron chi connectivity index (χ4n) is 6.17. The van der Waals surface area contributed by atoms with E-state index in [1.165, 1.54) is 4.90 Å². The highest BCUT2D eigenvalue weighted by Crippen LogP contribution is 2.43. The number of hydrogen-bond acceptors (Lipinski definition) is 8. The lowest BCUT2D eigenvalue weighted by Gasteiger charge is -2.43. The molecule has 1 saturated carbocycles. The lowest BCUT2D eigenvalue weighted by atomic mass is 9.81. The highest BCUT2D eigenvalue weighted by atomic mass is 16.7. The highest BCUT2D eigenvalue weighted by molar-refractivity contribution is 6.04. The van der Waals surface area contributed by atoms with Crippen molar-refractivity contribution >= 4 is 29.5 Å². The number of hydrogen-bond donors (Lipinski definition) is 1. The topological polar surface area (TPSA) is 124 Å². The Kier molecular flexibility index (Phi) is 7.05.